The van der Waals surface area contributed by atoms with Crippen molar-refractivity contribution in [1.29, 1.82) is 0 Å². The zero-order chi connectivity index (χ0) is 10.7. The van der Waals surface area contributed by atoms with Crippen LogP contribution in [0.4, 0.5) is 0 Å². The first kappa shape index (κ1) is 10.7. The van der Waals surface area contributed by atoms with Gasteiger partial charge in [0.15, 0.2) is 0 Å². The van der Waals surface area contributed by atoms with Crippen LogP contribution in [0.1, 0.15) is 26.3 Å². The maximum atomic E-state index is 11.0. The third-order valence-corrected chi connectivity index (χ3v) is 2.13. The summed E-state index contributed by atoms with van der Waals surface area (Å²) in [6.07, 6.45) is 0.709. The van der Waals surface area contributed by atoms with Gasteiger partial charge in [0.1, 0.15) is 12.0 Å². The standard InChI is InChI=1S/C10H9ClO3/c1-6-3-8(10(11)13)9(14-2)4-7(6)5-12/h3-5H,1-2H3. The van der Waals surface area contributed by atoms with E-state index in [1.165, 1.54) is 19.2 Å². The number of hydrogen-bond acceptors (Lipinski definition) is 3. The minimum Gasteiger partial charge on any atom is -0.496 e. The highest BCUT2D eigenvalue weighted by molar-refractivity contribution is 6.68. The fourth-order valence-electron chi connectivity index (χ4n) is 1.15. The van der Waals surface area contributed by atoms with Crippen LogP contribution in [0.25, 0.3) is 0 Å². The van der Waals surface area contributed by atoms with Gasteiger partial charge in [-0.1, -0.05) is 0 Å². The summed E-state index contributed by atoms with van der Waals surface area (Å²) in [4.78, 5) is 21.6. The highest BCUT2D eigenvalue weighted by Crippen LogP contribution is 2.23. The lowest BCUT2D eigenvalue weighted by Gasteiger charge is -2.07. The molecule has 4 heteroatoms. The van der Waals surface area contributed by atoms with Crippen LogP contribution in [0, 0.1) is 6.92 Å². The molecule has 0 radical (unpaired) electrons. The number of methoxy groups -OCH3 is 1. The van der Waals surface area contributed by atoms with Gasteiger partial charge >= 0.3 is 0 Å². The van der Waals surface area contributed by atoms with Gasteiger partial charge in [0, 0.05) is 5.56 Å². The second-order valence-electron chi connectivity index (χ2n) is 2.80. The smallest absolute Gasteiger partial charge is 0.256 e. The number of hydrogen-bond donors (Lipinski definition) is 0. The summed E-state index contributed by atoms with van der Waals surface area (Å²) in [5.41, 5.74) is 1.46. The Labute approximate surface area is 86.6 Å². The highest BCUT2D eigenvalue weighted by Gasteiger charge is 2.12. The Kier molecular flexibility index (Phi) is 3.25. The van der Waals surface area contributed by atoms with Crippen molar-refractivity contribution in [2.24, 2.45) is 0 Å². The predicted molar refractivity (Wildman–Crippen MR) is 53.3 cm³/mol. The number of rotatable bonds is 3. The molecule has 1 rings (SSSR count). The lowest BCUT2D eigenvalue weighted by Crippen LogP contribution is -1.99. The van der Waals surface area contributed by atoms with E-state index in [1.54, 1.807) is 6.92 Å². The fraction of sp³-hybridized carbons (Fsp3) is 0.200. The Morgan fingerprint density at radius 1 is 1.50 bits per heavy atom. The monoisotopic (exact) mass is 212 g/mol. The molecule has 74 valence electrons. The number of benzene rings is 1. The van der Waals surface area contributed by atoms with Crippen molar-refractivity contribution in [2.75, 3.05) is 7.11 Å². The van der Waals surface area contributed by atoms with Crippen molar-refractivity contribution in [3.05, 3.63) is 28.8 Å². The van der Waals surface area contributed by atoms with Crippen LogP contribution in [0.2, 0.25) is 0 Å². The van der Waals surface area contributed by atoms with Crippen molar-refractivity contribution in [1.82, 2.24) is 0 Å². The molecule has 1 aromatic carbocycles. The first-order valence-electron chi connectivity index (χ1n) is 3.93. The molecule has 0 unspecified atom stereocenters. The molecule has 0 aliphatic carbocycles. The maximum Gasteiger partial charge on any atom is 0.256 e. The van der Waals surface area contributed by atoms with E-state index in [0.717, 1.165) is 0 Å². The van der Waals surface area contributed by atoms with Crippen LogP contribution >= 0.6 is 11.6 Å². The van der Waals surface area contributed by atoms with E-state index < -0.39 is 5.24 Å². The van der Waals surface area contributed by atoms with Crippen LogP contribution in [-0.4, -0.2) is 18.6 Å². The Morgan fingerprint density at radius 3 is 2.57 bits per heavy atom. The molecule has 0 aliphatic heterocycles. The Balaban J connectivity index is 3.38. The molecule has 0 bridgehead atoms. The van der Waals surface area contributed by atoms with Gasteiger partial charge in [0.2, 0.25) is 0 Å². The minimum absolute atomic E-state index is 0.275. The van der Waals surface area contributed by atoms with Crippen molar-refractivity contribution in [3.63, 3.8) is 0 Å². The first-order chi connectivity index (χ1) is 6.60. The molecule has 14 heavy (non-hydrogen) atoms. The largest absolute Gasteiger partial charge is 0.496 e. The molecule has 0 amide bonds. The van der Waals surface area contributed by atoms with E-state index >= 15 is 0 Å². The highest BCUT2D eigenvalue weighted by atomic mass is 35.5. The number of carbonyl (C=O) groups excluding carboxylic acids is 2. The molecular formula is C10H9ClO3. The number of aldehydes is 1. The van der Waals surface area contributed by atoms with Gasteiger partial charge < -0.3 is 4.74 Å². The molecule has 0 aliphatic rings. The molecule has 0 heterocycles. The van der Waals surface area contributed by atoms with Crippen molar-refractivity contribution in [2.45, 2.75) is 6.92 Å². The Hall–Kier alpha value is -1.35. The average Bonchev–Trinajstić information content (AvgIpc) is 2.17. The van der Waals surface area contributed by atoms with Crippen molar-refractivity contribution >= 4 is 23.1 Å². The zero-order valence-electron chi connectivity index (χ0n) is 7.83. The molecule has 0 N–H and O–H groups in total. The molecule has 0 fully saturated rings. The normalized spacial score (nSPS) is 9.64. The molecule has 0 spiro atoms. The topological polar surface area (TPSA) is 43.4 Å². The summed E-state index contributed by atoms with van der Waals surface area (Å²) in [5.74, 6) is 0.317. The molecule has 3 nitrogen and oxygen atoms in total. The molecular weight excluding hydrogens is 204 g/mol. The summed E-state index contributed by atoms with van der Waals surface area (Å²) < 4.78 is 4.94. The molecule has 0 atom stereocenters. The van der Waals surface area contributed by atoms with E-state index in [9.17, 15) is 9.59 Å². The Bertz CT molecular complexity index is 385. The summed E-state index contributed by atoms with van der Waals surface area (Å²) in [5, 5.41) is -0.595. The first-order valence-corrected chi connectivity index (χ1v) is 4.31. The van der Waals surface area contributed by atoms with Gasteiger partial charge in [-0.05, 0) is 36.2 Å². The summed E-state index contributed by atoms with van der Waals surface area (Å²) in [6.45, 7) is 1.73. The quantitative estimate of drug-likeness (QED) is 0.570. The summed E-state index contributed by atoms with van der Waals surface area (Å²) in [6, 6.07) is 3.04. The number of ether oxygens (including phenoxy) is 1. The third-order valence-electron chi connectivity index (χ3n) is 1.93. The predicted octanol–water partition coefficient (Wildman–Crippen LogP) is 2.20. The van der Waals surface area contributed by atoms with E-state index in [1.807, 2.05) is 0 Å². The fourth-order valence-corrected chi connectivity index (χ4v) is 1.30. The van der Waals surface area contributed by atoms with Crippen LogP contribution in [0.15, 0.2) is 12.1 Å². The van der Waals surface area contributed by atoms with Crippen molar-refractivity contribution in [3.8, 4) is 5.75 Å². The van der Waals surface area contributed by atoms with Gasteiger partial charge in [0.05, 0.1) is 12.7 Å². The molecule has 0 aromatic heterocycles. The van der Waals surface area contributed by atoms with E-state index in [0.29, 0.717) is 23.2 Å². The van der Waals surface area contributed by atoms with E-state index in [4.69, 9.17) is 16.3 Å². The van der Waals surface area contributed by atoms with E-state index in [2.05, 4.69) is 0 Å². The van der Waals surface area contributed by atoms with Crippen LogP contribution in [-0.2, 0) is 0 Å². The van der Waals surface area contributed by atoms with Gasteiger partial charge in [0.25, 0.3) is 5.24 Å². The number of aryl methyl sites for hydroxylation is 1. The maximum absolute atomic E-state index is 11.0. The van der Waals surface area contributed by atoms with Crippen LogP contribution in [0.3, 0.4) is 0 Å². The average molecular weight is 213 g/mol. The third kappa shape index (κ3) is 1.93. The van der Waals surface area contributed by atoms with Gasteiger partial charge in [-0.25, -0.2) is 0 Å². The second-order valence-corrected chi connectivity index (χ2v) is 3.14. The van der Waals surface area contributed by atoms with Gasteiger partial charge in [-0.15, -0.1) is 0 Å². The summed E-state index contributed by atoms with van der Waals surface area (Å²) in [7, 11) is 1.42. The number of halogens is 1. The zero-order valence-corrected chi connectivity index (χ0v) is 8.59. The van der Waals surface area contributed by atoms with E-state index in [-0.39, 0.29) is 5.56 Å². The number of carbonyl (C=O) groups is 2. The Morgan fingerprint density at radius 2 is 2.14 bits per heavy atom. The van der Waals surface area contributed by atoms with Gasteiger partial charge in [-0.3, -0.25) is 9.59 Å². The lowest BCUT2D eigenvalue weighted by atomic mass is 10.1. The summed E-state index contributed by atoms with van der Waals surface area (Å²) >= 11 is 5.35. The minimum atomic E-state index is -0.595. The SMILES string of the molecule is COc1cc(C=O)c(C)cc1C(=O)Cl. The van der Waals surface area contributed by atoms with Crippen LogP contribution < -0.4 is 4.74 Å². The molecule has 0 saturated carbocycles. The molecule has 0 saturated heterocycles. The van der Waals surface area contributed by atoms with Crippen LogP contribution in [0.5, 0.6) is 5.75 Å². The molecule has 1 aromatic rings. The second kappa shape index (κ2) is 4.24. The lowest BCUT2D eigenvalue weighted by molar-refractivity contribution is 0.107. The van der Waals surface area contributed by atoms with Gasteiger partial charge in [-0.2, -0.15) is 0 Å². The van der Waals surface area contributed by atoms with Crippen molar-refractivity contribution < 1.29 is 14.3 Å².